The van der Waals surface area contributed by atoms with E-state index in [9.17, 15) is 8.78 Å². The van der Waals surface area contributed by atoms with Gasteiger partial charge in [-0.2, -0.15) is 5.10 Å². The molecule has 22 heavy (non-hydrogen) atoms. The van der Waals surface area contributed by atoms with Gasteiger partial charge in [-0.1, -0.05) is 6.07 Å². The number of aromatic nitrogens is 3. The summed E-state index contributed by atoms with van der Waals surface area (Å²) in [7, 11) is 0. The van der Waals surface area contributed by atoms with E-state index < -0.39 is 11.6 Å². The molecule has 0 bridgehead atoms. The summed E-state index contributed by atoms with van der Waals surface area (Å²) in [5, 5.41) is 4.03. The standard InChI is InChI=1S/C16H14F2N4/c17-11-3-4-12(13(18)10-11)14-2-1-8-21(14)15-6-9-22-16(20-15)5-7-19-22/h3-7,9-10,14H,1-2,8H2/t14-/m1/s1/i5D. The van der Waals surface area contributed by atoms with Crippen molar-refractivity contribution in [3.8, 4) is 0 Å². The molecule has 112 valence electrons. The third kappa shape index (κ3) is 2.11. The molecule has 4 nitrogen and oxygen atoms in total. The van der Waals surface area contributed by atoms with Gasteiger partial charge in [0, 0.05) is 30.4 Å². The number of anilines is 1. The minimum atomic E-state index is -0.576. The van der Waals surface area contributed by atoms with E-state index >= 15 is 0 Å². The van der Waals surface area contributed by atoms with E-state index in [1.165, 1.54) is 22.8 Å². The lowest BCUT2D eigenvalue weighted by molar-refractivity contribution is 0.553. The summed E-state index contributed by atoms with van der Waals surface area (Å²) in [5.41, 5.74) is 0.943. The van der Waals surface area contributed by atoms with E-state index in [2.05, 4.69) is 10.1 Å². The normalized spacial score (nSPS) is 18.9. The van der Waals surface area contributed by atoms with Gasteiger partial charge < -0.3 is 4.90 Å². The zero-order valence-corrected chi connectivity index (χ0v) is 11.7. The molecule has 4 rings (SSSR count). The lowest BCUT2D eigenvalue weighted by atomic mass is 10.0. The largest absolute Gasteiger partial charge is 0.349 e. The van der Waals surface area contributed by atoms with Crippen molar-refractivity contribution >= 4 is 11.5 Å². The minimum absolute atomic E-state index is 0.178. The molecule has 1 saturated heterocycles. The van der Waals surface area contributed by atoms with Crippen LogP contribution in [0.4, 0.5) is 14.6 Å². The number of hydrogen-bond acceptors (Lipinski definition) is 3. The Bertz CT molecular complexity index is 880. The van der Waals surface area contributed by atoms with Gasteiger partial charge in [-0.25, -0.2) is 18.3 Å². The fourth-order valence-corrected chi connectivity index (χ4v) is 3.04. The first-order valence-electron chi connectivity index (χ1n) is 7.66. The maximum atomic E-state index is 14.1. The number of rotatable bonds is 2. The van der Waals surface area contributed by atoms with Crippen LogP contribution in [-0.4, -0.2) is 21.1 Å². The lowest BCUT2D eigenvalue weighted by Gasteiger charge is -2.26. The molecule has 3 aromatic rings. The SMILES string of the molecule is [2H]c1cnn2ccc(N3CCC[C@@H]3c3ccc(F)cc3F)nc12. The Labute approximate surface area is 127 Å². The molecule has 0 unspecified atom stereocenters. The topological polar surface area (TPSA) is 33.4 Å². The molecule has 3 heterocycles. The van der Waals surface area contributed by atoms with Crippen molar-refractivity contribution in [3.63, 3.8) is 0 Å². The summed E-state index contributed by atoms with van der Waals surface area (Å²) >= 11 is 0. The maximum Gasteiger partial charge on any atom is 0.157 e. The summed E-state index contributed by atoms with van der Waals surface area (Å²) in [5.74, 6) is -0.431. The Balaban J connectivity index is 1.75. The number of hydrogen-bond donors (Lipinski definition) is 0. The molecule has 0 aliphatic carbocycles. The molecular weight excluding hydrogens is 286 g/mol. The Kier molecular flexibility index (Phi) is 2.77. The zero-order valence-electron chi connectivity index (χ0n) is 12.7. The van der Waals surface area contributed by atoms with Crippen molar-refractivity contribution in [2.75, 3.05) is 11.4 Å². The van der Waals surface area contributed by atoms with Gasteiger partial charge in [0.15, 0.2) is 5.65 Å². The number of nitrogens with zero attached hydrogens (tertiary/aromatic N) is 4. The summed E-state index contributed by atoms with van der Waals surface area (Å²) in [6, 6.07) is 5.57. The third-order valence-corrected chi connectivity index (χ3v) is 4.05. The van der Waals surface area contributed by atoms with Gasteiger partial charge in [-0.15, -0.1) is 0 Å². The van der Waals surface area contributed by atoms with Crippen LogP contribution in [0.3, 0.4) is 0 Å². The van der Waals surface area contributed by atoms with Crippen LogP contribution in [0.5, 0.6) is 0 Å². The van der Waals surface area contributed by atoms with Gasteiger partial charge >= 0.3 is 0 Å². The smallest absolute Gasteiger partial charge is 0.157 e. The molecule has 0 spiro atoms. The molecular formula is C16H14F2N4. The fourth-order valence-electron chi connectivity index (χ4n) is 3.04. The summed E-state index contributed by atoms with van der Waals surface area (Å²) in [4.78, 5) is 6.48. The molecule has 0 N–H and O–H groups in total. The van der Waals surface area contributed by atoms with Gasteiger partial charge in [0.05, 0.1) is 13.6 Å². The fraction of sp³-hybridized carbons (Fsp3) is 0.250. The number of fused-ring (bicyclic) bond motifs is 1. The summed E-state index contributed by atoms with van der Waals surface area (Å²) in [6.07, 6.45) is 4.86. The van der Waals surface area contributed by atoms with Crippen molar-refractivity contribution in [1.29, 1.82) is 0 Å². The van der Waals surface area contributed by atoms with E-state index in [1.807, 2.05) is 4.90 Å². The molecule has 0 amide bonds. The molecule has 1 aliphatic heterocycles. The zero-order chi connectivity index (χ0) is 16.0. The van der Waals surface area contributed by atoms with E-state index in [0.29, 0.717) is 17.0 Å². The molecule has 2 aromatic heterocycles. The highest BCUT2D eigenvalue weighted by molar-refractivity contribution is 5.50. The highest BCUT2D eigenvalue weighted by Crippen LogP contribution is 2.36. The first-order chi connectivity index (χ1) is 11.1. The van der Waals surface area contributed by atoms with Crippen molar-refractivity contribution in [2.45, 2.75) is 18.9 Å². The third-order valence-electron chi connectivity index (χ3n) is 4.05. The lowest BCUT2D eigenvalue weighted by Crippen LogP contribution is -2.24. The highest BCUT2D eigenvalue weighted by atomic mass is 19.1. The molecule has 1 atom stereocenters. The van der Waals surface area contributed by atoms with Crippen LogP contribution in [0.1, 0.15) is 25.8 Å². The first kappa shape index (κ1) is 12.1. The Morgan fingerprint density at radius 1 is 1.27 bits per heavy atom. The first-order valence-corrected chi connectivity index (χ1v) is 7.16. The summed E-state index contributed by atoms with van der Waals surface area (Å²) in [6.45, 7) is 0.742. The predicted molar refractivity (Wildman–Crippen MR) is 78.7 cm³/mol. The quantitative estimate of drug-likeness (QED) is 0.728. The summed E-state index contributed by atoms with van der Waals surface area (Å²) < 4.78 is 36.6. The van der Waals surface area contributed by atoms with Crippen molar-refractivity contribution in [3.05, 3.63) is 59.9 Å². The van der Waals surface area contributed by atoms with Crippen molar-refractivity contribution in [1.82, 2.24) is 14.6 Å². The van der Waals surface area contributed by atoms with E-state index in [0.717, 1.165) is 25.5 Å². The number of halogens is 2. The molecule has 0 radical (unpaired) electrons. The van der Waals surface area contributed by atoms with Crippen LogP contribution >= 0.6 is 0 Å². The van der Waals surface area contributed by atoms with Crippen LogP contribution in [-0.2, 0) is 0 Å². The average Bonchev–Trinajstić information content (AvgIpc) is 3.14. The second kappa shape index (κ2) is 5.05. The maximum absolute atomic E-state index is 14.1. The second-order valence-corrected chi connectivity index (χ2v) is 5.36. The van der Waals surface area contributed by atoms with Crippen molar-refractivity contribution in [2.24, 2.45) is 0 Å². The van der Waals surface area contributed by atoms with E-state index in [1.54, 1.807) is 12.3 Å². The number of benzene rings is 1. The van der Waals surface area contributed by atoms with Crippen LogP contribution in [0.25, 0.3) is 5.65 Å². The minimum Gasteiger partial charge on any atom is -0.349 e. The van der Waals surface area contributed by atoms with Crippen LogP contribution in [0.15, 0.2) is 42.7 Å². The van der Waals surface area contributed by atoms with Gasteiger partial charge in [0.1, 0.15) is 17.5 Å². The van der Waals surface area contributed by atoms with E-state index in [4.69, 9.17) is 1.37 Å². The molecule has 0 saturated carbocycles. The van der Waals surface area contributed by atoms with Gasteiger partial charge in [-0.3, -0.25) is 0 Å². The van der Waals surface area contributed by atoms with Gasteiger partial charge in [-0.05, 0) is 25.0 Å². The van der Waals surface area contributed by atoms with Crippen LogP contribution in [0, 0.1) is 11.6 Å². The Morgan fingerprint density at radius 3 is 3.05 bits per heavy atom. The monoisotopic (exact) mass is 301 g/mol. The molecule has 1 fully saturated rings. The molecule has 1 aliphatic rings. The van der Waals surface area contributed by atoms with Crippen LogP contribution < -0.4 is 4.90 Å². The van der Waals surface area contributed by atoms with Gasteiger partial charge in [0.2, 0.25) is 0 Å². The average molecular weight is 301 g/mol. The molecule has 1 aromatic carbocycles. The predicted octanol–water partition coefficient (Wildman–Crippen LogP) is 3.35. The van der Waals surface area contributed by atoms with E-state index in [-0.39, 0.29) is 12.1 Å². The Hall–Kier alpha value is -2.50. The van der Waals surface area contributed by atoms with Crippen molar-refractivity contribution < 1.29 is 10.2 Å². The molecule has 6 heteroatoms. The second-order valence-electron chi connectivity index (χ2n) is 5.36. The Morgan fingerprint density at radius 2 is 2.18 bits per heavy atom. The highest BCUT2D eigenvalue weighted by Gasteiger charge is 2.29. The van der Waals surface area contributed by atoms with Gasteiger partial charge in [0.25, 0.3) is 0 Å². The van der Waals surface area contributed by atoms with Crippen LogP contribution in [0.2, 0.25) is 0 Å².